The minimum atomic E-state index is -1.99. The highest BCUT2D eigenvalue weighted by atomic mass is 35.5. The number of nitrogens with two attached hydrogens (primary N) is 4. The number of aliphatic hydroxyl groups is 1. The molecule has 5 rings (SSSR count). The van der Waals surface area contributed by atoms with E-state index in [2.05, 4.69) is 62.9 Å². The number of phenols is 1. The van der Waals surface area contributed by atoms with Crippen LogP contribution in [0.1, 0.15) is 82.9 Å². The number of nitrogens with zero attached hydrogens (tertiary/aromatic N) is 5. The fourth-order valence-corrected chi connectivity index (χ4v) is 10.5. The summed E-state index contributed by atoms with van der Waals surface area (Å²) in [6.45, 7) is 4.65. The fourth-order valence-electron chi connectivity index (χ4n) is 10.4. The standard InChI is InChI=1S/C63H83ClN18O14/c1-33(2)25-44(54(88)73-43(11-7-23-70-63(67)68)62(96)82-24-8-12-51(82)61(95)71-34(3)53(66)87)74-57(91)47(29-38-13-18-39-9-5-6-10-40(39)26-38)75-55(89)46(28-37-16-21-42(85)22-17-37)77-60(94)50(32-83)79-58(92)48(30-52(86)80-81-69)78-56(90)45(27-36-14-19-41(64)20-15-36)76-59(93)49(31-65)72-35(4)84/h5-6,9-10,13-22,26,33-34,43-51,83,85H,7-8,11-12,23-25,27-32,65H2,1-4H3,(H2,66,87)(H,71,95)(H,72,84)(H,73,88)(H,74,91)(H,75,89)(H,76,93)(H,77,94)(H,78,90)(H,79,92)(H4,67,68,70)/t34-,43+,44+,45-,46+,47-,48-,49-,50+,51+/m1/s1. The molecule has 96 heavy (non-hydrogen) atoms. The van der Waals surface area contributed by atoms with Crippen LogP contribution in [0.25, 0.3) is 21.2 Å². The first-order valence-corrected chi connectivity index (χ1v) is 31.2. The van der Waals surface area contributed by atoms with Gasteiger partial charge in [0, 0.05) is 62.2 Å². The van der Waals surface area contributed by atoms with E-state index in [1.807, 2.05) is 18.2 Å². The molecular weight excluding hydrogens is 1270 g/mol. The summed E-state index contributed by atoms with van der Waals surface area (Å²) in [6, 6.07) is 9.20. The summed E-state index contributed by atoms with van der Waals surface area (Å²) in [5.74, 6) is -12.0. The van der Waals surface area contributed by atoms with Gasteiger partial charge in [-0.05, 0) is 107 Å². The highest BCUT2D eigenvalue weighted by molar-refractivity contribution is 6.30. The molecule has 516 valence electrons. The molecule has 1 aliphatic rings. The van der Waals surface area contributed by atoms with Crippen molar-refractivity contribution in [2.75, 3.05) is 26.2 Å². The number of rotatable bonds is 35. The van der Waals surface area contributed by atoms with Crippen LogP contribution in [0.2, 0.25) is 5.02 Å². The van der Waals surface area contributed by atoms with Crippen LogP contribution in [0, 0.1) is 5.92 Å². The number of fused-ring (bicyclic) bond motifs is 1. The maximum absolute atomic E-state index is 15.0. The second-order valence-electron chi connectivity index (χ2n) is 23.4. The summed E-state index contributed by atoms with van der Waals surface area (Å²) in [5, 5.41) is 48.5. The monoisotopic (exact) mass is 1350 g/mol. The smallest absolute Gasteiger partial charge is 0.245 e. The average Bonchev–Trinajstić information content (AvgIpc) is 1.38. The van der Waals surface area contributed by atoms with Gasteiger partial charge in [-0.25, -0.2) is 0 Å². The van der Waals surface area contributed by atoms with Crippen molar-refractivity contribution in [2.24, 2.45) is 39.0 Å². The number of carbonyl (C=O) groups is 12. The lowest BCUT2D eigenvalue weighted by Gasteiger charge is -2.31. The first kappa shape index (κ1) is 76.3. The number of benzene rings is 4. The molecule has 12 amide bonds. The molecule has 19 N–H and O–H groups in total. The van der Waals surface area contributed by atoms with E-state index in [1.165, 1.54) is 60.4 Å². The predicted molar refractivity (Wildman–Crippen MR) is 352 cm³/mol. The van der Waals surface area contributed by atoms with Crippen LogP contribution in [0.3, 0.4) is 0 Å². The first-order valence-electron chi connectivity index (χ1n) is 30.8. The van der Waals surface area contributed by atoms with Crippen molar-refractivity contribution in [3.8, 4) is 5.75 Å². The third-order valence-corrected chi connectivity index (χ3v) is 15.6. The molecule has 1 saturated heterocycles. The Morgan fingerprint density at radius 3 is 1.66 bits per heavy atom. The number of aliphatic hydroxyl groups excluding tert-OH is 1. The molecule has 10 atom stereocenters. The number of aromatic hydroxyl groups is 1. The molecule has 33 heteroatoms. The van der Waals surface area contributed by atoms with Crippen molar-refractivity contribution in [3.63, 3.8) is 0 Å². The normalized spacial score (nSPS) is 15.4. The van der Waals surface area contributed by atoms with E-state index in [4.69, 9.17) is 40.1 Å². The van der Waals surface area contributed by atoms with Crippen LogP contribution < -0.4 is 70.8 Å². The summed E-state index contributed by atoms with van der Waals surface area (Å²) < 4.78 is 0. The lowest BCUT2D eigenvalue weighted by atomic mass is 9.98. The zero-order valence-electron chi connectivity index (χ0n) is 53.4. The van der Waals surface area contributed by atoms with Crippen molar-refractivity contribution < 1.29 is 67.7 Å². The van der Waals surface area contributed by atoms with Gasteiger partial charge >= 0.3 is 0 Å². The van der Waals surface area contributed by atoms with Crippen LogP contribution in [-0.2, 0) is 76.8 Å². The molecule has 32 nitrogen and oxygen atoms in total. The Labute approximate surface area is 557 Å². The molecule has 0 bridgehead atoms. The van der Waals surface area contributed by atoms with Crippen molar-refractivity contribution in [2.45, 2.75) is 146 Å². The van der Waals surface area contributed by atoms with E-state index in [1.54, 1.807) is 38.1 Å². The number of azide groups is 1. The highest BCUT2D eigenvalue weighted by Crippen LogP contribution is 2.22. The van der Waals surface area contributed by atoms with Gasteiger partial charge in [0.05, 0.1) is 6.61 Å². The highest BCUT2D eigenvalue weighted by Gasteiger charge is 2.40. The van der Waals surface area contributed by atoms with Crippen molar-refractivity contribution in [1.29, 1.82) is 0 Å². The van der Waals surface area contributed by atoms with Crippen LogP contribution >= 0.6 is 11.6 Å². The van der Waals surface area contributed by atoms with Gasteiger partial charge in [-0.1, -0.05) is 92.2 Å². The number of likely N-dealkylation sites (tertiary alicyclic amines) is 1. The zero-order chi connectivity index (χ0) is 70.8. The van der Waals surface area contributed by atoms with Crippen molar-refractivity contribution in [1.82, 2.24) is 52.8 Å². The summed E-state index contributed by atoms with van der Waals surface area (Å²) in [4.78, 5) is 173. The number of guanidine groups is 1. The number of carbonyl (C=O) groups excluding carboxylic acids is 12. The summed E-state index contributed by atoms with van der Waals surface area (Å²) in [5.41, 5.74) is 32.6. The van der Waals surface area contributed by atoms with Gasteiger partial charge in [-0.2, -0.15) is 0 Å². The van der Waals surface area contributed by atoms with E-state index < -0.39 is 151 Å². The molecular formula is C63H83ClN18O14. The van der Waals surface area contributed by atoms with E-state index in [-0.39, 0.29) is 75.7 Å². The van der Waals surface area contributed by atoms with Crippen LogP contribution in [0.4, 0.5) is 0 Å². The summed E-state index contributed by atoms with van der Waals surface area (Å²) >= 11 is 6.08. The lowest BCUT2D eigenvalue weighted by molar-refractivity contribution is -0.142. The van der Waals surface area contributed by atoms with Gasteiger partial charge in [0.2, 0.25) is 70.9 Å². The minimum absolute atomic E-state index is 0.0172. The maximum Gasteiger partial charge on any atom is 0.245 e. The van der Waals surface area contributed by atoms with E-state index in [0.717, 1.165) is 17.7 Å². The van der Waals surface area contributed by atoms with Crippen LogP contribution in [0.5, 0.6) is 5.75 Å². The van der Waals surface area contributed by atoms with Gasteiger partial charge in [-0.3, -0.25) is 62.5 Å². The number of halogens is 1. The van der Waals surface area contributed by atoms with Gasteiger partial charge in [0.1, 0.15) is 66.2 Å². The summed E-state index contributed by atoms with van der Waals surface area (Å²) in [7, 11) is 0. The number of amides is 12. The third-order valence-electron chi connectivity index (χ3n) is 15.3. The van der Waals surface area contributed by atoms with Gasteiger partial charge in [0.15, 0.2) is 5.96 Å². The SMILES string of the molecule is CC(=O)N[C@H](CN)C(=O)N[C@H](Cc1ccc(Cl)cc1)C(=O)N[C@H](CC(=O)N=[N+]=[N-])C(=O)N[C@@H](CO)C(=O)N[C@@H](Cc1ccc(O)cc1)C(=O)N[C@H](Cc1ccc2ccccc2c1)C(=O)N[C@@H](CC(C)C)C(=O)N[C@@H](CCCN=C(N)N)C(=O)N1CCC[C@H]1C(=O)N[C@H](C)C(N)=O. The molecule has 4 aromatic rings. The largest absolute Gasteiger partial charge is 0.508 e. The molecule has 1 heterocycles. The Kier molecular flexibility index (Phi) is 29.8. The molecule has 0 saturated carbocycles. The quantitative estimate of drug-likeness (QED) is 0.00615. The molecule has 0 spiro atoms. The molecule has 0 aliphatic carbocycles. The van der Waals surface area contributed by atoms with Crippen molar-refractivity contribution >= 4 is 99.2 Å². The Bertz CT molecular complexity index is 3530. The third kappa shape index (κ3) is 24.2. The number of aliphatic imine (C=N–C) groups is 1. The maximum atomic E-state index is 15.0. The number of hydrogen-bond acceptors (Lipinski definition) is 16. The summed E-state index contributed by atoms with van der Waals surface area (Å²) in [6.07, 6.45) is -1.16. The molecule has 1 aliphatic heterocycles. The number of nitrogens with one attached hydrogen (secondary N) is 9. The van der Waals surface area contributed by atoms with E-state index in [9.17, 15) is 58.2 Å². The Morgan fingerprint density at radius 1 is 0.625 bits per heavy atom. The Balaban J connectivity index is 1.47. The fraction of sp³-hybridized carbons (Fsp3) is 0.444. The van der Waals surface area contributed by atoms with Crippen LogP contribution in [-0.4, -0.2) is 179 Å². The van der Waals surface area contributed by atoms with Gasteiger partial charge in [-0.15, -0.1) is 0 Å². The number of hydrogen-bond donors (Lipinski definition) is 15. The van der Waals surface area contributed by atoms with Gasteiger partial charge in [0.25, 0.3) is 0 Å². The van der Waals surface area contributed by atoms with Gasteiger partial charge < -0.3 is 85.9 Å². The average molecular weight is 1350 g/mol. The van der Waals surface area contributed by atoms with E-state index in [0.29, 0.717) is 28.1 Å². The Hall–Kier alpha value is -10.4. The second kappa shape index (κ2) is 37.5. The lowest BCUT2D eigenvalue weighted by Crippen LogP contribution is -2.62. The topological polar surface area (TPSA) is 522 Å². The van der Waals surface area contributed by atoms with Crippen molar-refractivity contribution in [3.05, 3.63) is 123 Å². The molecule has 1 fully saturated rings. The van der Waals surface area contributed by atoms with E-state index >= 15 is 9.59 Å². The molecule has 0 radical (unpaired) electrons. The van der Waals surface area contributed by atoms with Crippen LogP contribution in [0.15, 0.2) is 101 Å². The number of phenolic OH excluding ortho intramolecular Hbond substituents is 1. The predicted octanol–water partition coefficient (Wildman–Crippen LogP) is -1.62. The molecule has 0 aromatic heterocycles. The number of primary amides is 1. The second-order valence-corrected chi connectivity index (χ2v) is 23.8. The molecule has 4 aromatic carbocycles. The first-order chi connectivity index (χ1) is 45.6. The zero-order valence-corrected chi connectivity index (χ0v) is 54.2. The Morgan fingerprint density at radius 2 is 1.11 bits per heavy atom. The minimum Gasteiger partial charge on any atom is -0.508 e. The molecule has 0 unspecified atom stereocenters.